The maximum Gasteiger partial charge on any atom is 0.314 e. The van der Waals surface area contributed by atoms with Gasteiger partial charge in [-0.1, -0.05) is 72.8 Å². The van der Waals surface area contributed by atoms with Crippen molar-refractivity contribution in [3.05, 3.63) is 102 Å². The van der Waals surface area contributed by atoms with Gasteiger partial charge in [-0.2, -0.15) is 0 Å². The second kappa shape index (κ2) is 13.7. The number of carboxylic acid groups (broad SMARTS) is 1. The van der Waals surface area contributed by atoms with E-state index < -0.39 is 11.9 Å². The predicted molar refractivity (Wildman–Crippen MR) is 133 cm³/mol. The molecule has 0 heterocycles. The molecule has 0 radical (unpaired) electrons. The summed E-state index contributed by atoms with van der Waals surface area (Å²) in [7, 11) is 0. The summed E-state index contributed by atoms with van der Waals surface area (Å²) in [6, 6.07) is 27.1. The SMILES string of the molecule is O=C(NCCCOc1ccc(C[C@H](Cc2ccccc2)C(=O)O)cc1)NCCc1ccccc1. The Bertz CT molecular complexity index is 1010. The Labute approximate surface area is 201 Å². The molecule has 3 aromatic carbocycles. The number of benzene rings is 3. The molecule has 6 nitrogen and oxygen atoms in total. The number of hydrogen-bond donors (Lipinski definition) is 3. The van der Waals surface area contributed by atoms with Crippen LogP contribution in [0.2, 0.25) is 0 Å². The Hall–Kier alpha value is -3.80. The number of carboxylic acids is 1. The molecule has 0 aromatic heterocycles. The highest BCUT2D eigenvalue weighted by Crippen LogP contribution is 2.18. The van der Waals surface area contributed by atoms with Gasteiger partial charge in [-0.25, -0.2) is 4.79 Å². The first-order valence-electron chi connectivity index (χ1n) is 11.6. The molecule has 0 aliphatic heterocycles. The van der Waals surface area contributed by atoms with Crippen LogP contribution < -0.4 is 15.4 Å². The van der Waals surface area contributed by atoms with E-state index in [0.717, 1.165) is 23.3 Å². The van der Waals surface area contributed by atoms with Gasteiger partial charge in [0, 0.05) is 13.1 Å². The van der Waals surface area contributed by atoms with Crippen LogP contribution in [0.15, 0.2) is 84.9 Å². The molecule has 0 aliphatic carbocycles. The summed E-state index contributed by atoms with van der Waals surface area (Å²) in [5.74, 6) is -0.536. The minimum absolute atomic E-state index is 0.177. The van der Waals surface area contributed by atoms with Gasteiger partial charge in [0.15, 0.2) is 0 Å². The van der Waals surface area contributed by atoms with Gasteiger partial charge in [0.2, 0.25) is 0 Å². The molecule has 2 amide bonds. The van der Waals surface area contributed by atoms with E-state index in [9.17, 15) is 14.7 Å². The molecule has 0 saturated heterocycles. The fourth-order valence-corrected chi connectivity index (χ4v) is 3.64. The lowest BCUT2D eigenvalue weighted by atomic mass is 9.92. The van der Waals surface area contributed by atoms with E-state index >= 15 is 0 Å². The molecule has 3 aromatic rings. The largest absolute Gasteiger partial charge is 0.494 e. The Morgan fingerprint density at radius 3 is 1.91 bits per heavy atom. The summed E-state index contributed by atoms with van der Waals surface area (Å²) in [4.78, 5) is 23.5. The van der Waals surface area contributed by atoms with Gasteiger partial charge in [0.05, 0.1) is 12.5 Å². The summed E-state index contributed by atoms with van der Waals surface area (Å²) in [6.45, 7) is 1.59. The molecule has 0 fully saturated rings. The Morgan fingerprint density at radius 2 is 1.29 bits per heavy atom. The summed E-state index contributed by atoms with van der Waals surface area (Å²) >= 11 is 0. The van der Waals surface area contributed by atoms with Gasteiger partial charge < -0.3 is 20.5 Å². The minimum atomic E-state index is -0.791. The standard InChI is InChI=1S/C28H32N2O4/c31-27(32)25(20-23-10-5-2-6-11-23)21-24-12-14-26(15-13-24)34-19-7-17-29-28(33)30-18-16-22-8-3-1-4-9-22/h1-6,8-15,25H,7,16-21H2,(H,31,32)(H2,29,30,33)/t25-/m0/s1. The molecular formula is C28H32N2O4. The monoisotopic (exact) mass is 460 g/mol. The second-order valence-electron chi connectivity index (χ2n) is 8.19. The molecule has 0 unspecified atom stereocenters. The van der Waals surface area contributed by atoms with Crippen molar-refractivity contribution in [1.82, 2.24) is 10.6 Å². The van der Waals surface area contributed by atoms with E-state index in [-0.39, 0.29) is 6.03 Å². The number of nitrogens with one attached hydrogen (secondary N) is 2. The fraction of sp³-hybridized carbons (Fsp3) is 0.286. The van der Waals surface area contributed by atoms with Crippen LogP contribution in [0, 0.1) is 5.92 Å². The summed E-state index contributed by atoms with van der Waals surface area (Å²) in [6.07, 6.45) is 2.45. The van der Waals surface area contributed by atoms with E-state index in [0.29, 0.717) is 39.0 Å². The Balaban J connectivity index is 1.31. The molecule has 178 valence electrons. The maximum atomic E-state index is 11.9. The van der Waals surface area contributed by atoms with E-state index in [1.54, 1.807) is 0 Å². The third-order valence-electron chi connectivity index (χ3n) is 5.50. The lowest BCUT2D eigenvalue weighted by molar-refractivity contribution is -0.141. The van der Waals surface area contributed by atoms with Crippen LogP contribution in [0.4, 0.5) is 4.79 Å². The number of ether oxygens (including phenoxy) is 1. The lowest BCUT2D eigenvalue weighted by Gasteiger charge is -2.13. The lowest BCUT2D eigenvalue weighted by Crippen LogP contribution is -2.37. The number of carbonyl (C=O) groups excluding carboxylic acids is 1. The smallest absolute Gasteiger partial charge is 0.314 e. The highest BCUT2D eigenvalue weighted by Gasteiger charge is 2.18. The number of rotatable bonds is 13. The van der Waals surface area contributed by atoms with E-state index in [1.165, 1.54) is 5.56 Å². The molecule has 34 heavy (non-hydrogen) atoms. The molecule has 3 rings (SSSR count). The Kier molecular flexibility index (Phi) is 9.99. The number of aliphatic carboxylic acids is 1. The van der Waals surface area contributed by atoms with Crippen molar-refractivity contribution in [3.63, 3.8) is 0 Å². The number of hydrogen-bond acceptors (Lipinski definition) is 3. The molecule has 6 heteroatoms. The van der Waals surface area contributed by atoms with Crippen molar-refractivity contribution in [3.8, 4) is 5.75 Å². The first-order valence-corrected chi connectivity index (χ1v) is 11.6. The minimum Gasteiger partial charge on any atom is -0.494 e. The predicted octanol–water partition coefficient (Wildman–Crippen LogP) is 4.48. The van der Waals surface area contributed by atoms with Crippen LogP contribution in [0.5, 0.6) is 5.75 Å². The zero-order chi connectivity index (χ0) is 24.0. The van der Waals surface area contributed by atoms with Crippen LogP contribution in [-0.2, 0) is 24.1 Å². The van der Waals surface area contributed by atoms with Crippen molar-refractivity contribution in [2.45, 2.75) is 25.7 Å². The second-order valence-corrected chi connectivity index (χ2v) is 8.19. The van der Waals surface area contributed by atoms with E-state index in [2.05, 4.69) is 10.6 Å². The number of urea groups is 1. The van der Waals surface area contributed by atoms with Gasteiger partial charge in [-0.3, -0.25) is 4.79 Å². The van der Waals surface area contributed by atoms with E-state index in [4.69, 9.17) is 4.74 Å². The zero-order valence-electron chi connectivity index (χ0n) is 19.3. The van der Waals surface area contributed by atoms with Gasteiger partial charge in [-0.15, -0.1) is 0 Å². The highest BCUT2D eigenvalue weighted by atomic mass is 16.5. The van der Waals surface area contributed by atoms with Gasteiger partial charge >= 0.3 is 12.0 Å². The van der Waals surface area contributed by atoms with Crippen LogP contribution in [0.25, 0.3) is 0 Å². The average molecular weight is 461 g/mol. The average Bonchev–Trinajstić information content (AvgIpc) is 2.85. The highest BCUT2D eigenvalue weighted by molar-refractivity contribution is 5.73. The zero-order valence-corrected chi connectivity index (χ0v) is 19.3. The molecule has 0 saturated carbocycles. The number of amides is 2. The maximum absolute atomic E-state index is 11.9. The topological polar surface area (TPSA) is 87.7 Å². The van der Waals surface area contributed by atoms with E-state index in [1.807, 2.05) is 84.9 Å². The van der Waals surface area contributed by atoms with Crippen molar-refractivity contribution in [2.24, 2.45) is 5.92 Å². The van der Waals surface area contributed by atoms with Gasteiger partial charge in [0.25, 0.3) is 0 Å². The van der Waals surface area contributed by atoms with Crippen molar-refractivity contribution in [1.29, 1.82) is 0 Å². The molecule has 0 aliphatic rings. The van der Waals surface area contributed by atoms with Crippen LogP contribution in [0.3, 0.4) is 0 Å². The normalized spacial score (nSPS) is 11.4. The van der Waals surface area contributed by atoms with Crippen molar-refractivity contribution in [2.75, 3.05) is 19.7 Å². The first kappa shape index (κ1) is 24.8. The van der Waals surface area contributed by atoms with Crippen molar-refractivity contribution < 1.29 is 19.4 Å². The quantitative estimate of drug-likeness (QED) is 0.328. The van der Waals surface area contributed by atoms with Crippen LogP contribution in [-0.4, -0.2) is 36.8 Å². The van der Waals surface area contributed by atoms with Crippen molar-refractivity contribution >= 4 is 12.0 Å². The Morgan fingerprint density at radius 1 is 0.735 bits per heavy atom. The van der Waals surface area contributed by atoms with Crippen LogP contribution in [0.1, 0.15) is 23.1 Å². The molecular weight excluding hydrogens is 428 g/mol. The summed E-state index contributed by atoms with van der Waals surface area (Å²) in [5, 5.41) is 15.3. The van der Waals surface area contributed by atoms with Gasteiger partial charge in [0.1, 0.15) is 5.75 Å². The number of carbonyl (C=O) groups is 2. The molecule has 3 N–H and O–H groups in total. The van der Waals surface area contributed by atoms with Crippen LogP contribution >= 0.6 is 0 Å². The first-order chi connectivity index (χ1) is 16.6. The summed E-state index contributed by atoms with van der Waals surface area (Å²) < 4.78 is 5.74. The summed E-state index contributed by atoms with van der Waals surface area (Å²) in [5.41, 5.74) is 3.18. The molecule has 0 bridgehead atoms. The van der Waals surface area contributed by atoms with Gasteiger partial charge in [-0.05, 0) is 54.5 Å². The third-order valence-corrected chi connectivity index (χ3v) is 5.50. The third kappa shape index (κ3) is 8.98. The molecule has 1 atom stereocenters. The molecule has 0 spiro atoms. The fourth-order valence-electron chi connectivity index (χ4n) is 3.64.